The summed E-state index contributed by atoms with van der Waals surface area (Å²) in [7, 11) is 0. The Bertz CT molecular complexity index is 612. The van der Waals surface area contributed by atoms with E-state index in [9.17, 15) is 9.59 Å². The van der Waals surface area contributed by atoms with Gasteiger partial charge in [0.15, 0.2) is 0 Å². The monoisotopic (exact) mass is 348 g/mol. The number of likely N-dealkylation sites (tertiary alicyclic amines) is 1. The van der Waals surface area contributed by atoms with Crippen molar-refractivity contribution in [3.8, 4) is 0 Å². The van der Waals surface area contributed by atoms with Gasteiger partial charge in [-0.05, 0) is 31.2 Å². The van der Waals surface area contributed by atoms with Crippen LogP contribution in [0.2, 0.25) is 0 Å². The molecular formula is C17H28N6O2. The number of rotatable bonds is 8. The zero-order valence-corrected chi connectivity index (χ0v) is 14.8. The number of carbonyl (C=O) groups excluding carboxylic acids is 2. The number of nitrogens with two attached hydrogens (primary N) is 1. The summed E-state index contributed by atoms with van der Waals surface area (Å²) in [6.45, 7) is 4.68. The standard InChI is InChI=1S/C17H28N6O2/c1-2-3-12-8-23(9-13-6-14(22-21-13)11-4-5-11)10-15(12)20-16(24)7-19-17(18)25/h6,11-12,15H,2-5,7-10H2,1H3,(H,20,24)(H,21,22)(H3,18,19,25)/t12-,15-/m1/s1. The van der Waals surface area contributed by atoms with Crippen molar-refractivity contribution in [1.29, 1.82) is 0 Å². The molecule has 8 heteroatoms. The second kappa shape index (κ2) is 7.86. The molecule has 2 heterocycles. The SMILES string of the molecule is CCC[C@@H]1CN(Cc2cc(C3CC3)n[nH]2)C[C@H]1NC(=O)CNC(N)=O. The molecule has 2 atom stereocenters. The molecule has 138 valence electrons. The summed E-state index contributed by atoms with van der Waals surface area (Å²) in [5.74, 6) is 0.888. The normalized spacial score (nSPS) is 23.6. The summed E-state index contributed by atoms with van der Waals surface area (Å²) in [5, 5.41) is 12.9. The van der Waals surface area contributed by atoms with Crippen LogP contribution in [-0.4, -0.2) is 52.7 Å². The second-order valence-electron chi connectivity index (χ2n) is 7.23. The smallest absolute Gasteiger partial charge is 0.312 e. The maximum atomic E-state index is 12.0. The van der Waals surface area contributed by atoms with Crippen LogP contribution in [-0.2, 0) is 11.3 Å². The van der Waals surface area contributed by atoms with Gasteiger partial charge in [-0.25, -0.2) is 4.79 Å². The maximum Gasteiger partial charge on any atom is 0.312 e. The molecule has 1 aromatic heterocycles. The molecule has 0 unspecified atom stereocenters. The van der Waals surface area contributed by atoms with E-state index < -0.39 is 6.03 Å². The van der Waals surface area contributed by atoms with Gasteiger partial charge in [0.25, 0.3) is 0 Å². The zero-order chi connectivity index (χ0) is 17.8. The van der Waals surface area contributed by atoms with Gasteiger partial charge in [-0.2, -0.15) is 5.10 Å². The molecule has 1 aromatic rings. The van der Waals surface area contributed by atoms with Gasteiger partial charge in [0.1, 0.15) is 0 Å². The lowest BCUT2D eigenvalue weighted by molar-refractivity contribution is -0.120. The molecule has 0 spiro atoms. The van der Waals surface area contributed by atoms with Gasteiger partial charge < -0.3 is 16.4 Å². The Hall–Kier alpha value is -2.09. The quantitative estimate of drug-likeness (QED) is 0.552. The molecule has 2 aliphatic rings. The van der Waals surface area contributed by atoms with Gasteiger partial charge in [-0.1, -0.05) is 13.3 Å². The van der Waals surface area contributed by atoms with Gasteiger partial charge in [-0.15, -0.1) is 0 Å². The minimum absolute atomic E-state index is 0.0734. The number of nitrogens with zero attached hydrogens (tertiary/aromatic N) is 2. The van der Waals surface area contributed by atoms with Crippen LogP contribution in [0.1, 0.15) is 49.9 Å². The molecule has 0 aromatic carbocycles. The highest BCUT2D eigenvalue weighted by Crippen LogP contribution is 2.39. The van der Waals surface area contributed by atoms with Crippen LogP contribution in [0.5, 0.6) is 0 Å². The largest absolute Gasteiger partial charge is 0.352 e. The maximum absolute atomic E-state index is 12.0. The number of hydrogen-bond acceptors (Lipinski definition) is 4. The average Bonchev–Trinajstić information content (AvgIpc) is 3.21. The van der Waals surface area contributed by atoms with Crippen molar-refractivity contribution in [2.45, 2.75) is 51.1 Å². The highest BCUT2D eigenvalue weighted by molar-refractivity contribution is 5.83. The molecular weight excluding hydrogens is 320 g/mol. The molecule has 1 aliphatic heterocycles. The average molecular weight is 348 g/mol. The van der Waals surface area contributed by atoms with Crippen molar-refractivity contribution < 1.29 is 9.59 Å². The minimum Gasteiger partial charge on any atom is -0.352 e. The number of aromatic amines is 1. The molecule has 0 bridgehead atoms. The third-order valence-electron chi connectivity index (χ3n) is 4.99. The molecule has 1 saturated carbocycles. The summed E-state index contributed by atoms with van der Waals surface area (Å²) in [6.07, 6.45) is 4.65. The molecule has 1 saturated heterocycles. The van der Waals surface area contributed by atoms with Crippen molar-refractivity contribution in [2.75, 3.05) is 19.6 Å². The first-order chi connectivity index (χ1) is 12.0. The summed E-state index contributed by atoms with van der Waals surface area (Å²) in [4.78, 5) is 25.1. The molecule has 3 rings (SSSR count). The number of urea groups is 1. The number of hydrogen-bond donors (Lipinski definition) is 4. The lowest BCUT2D eigenvalue weighted by Crippen LogP contribution is -2.46. The summed E-state index contributed by atoms with van der Waals surface area (Å²) < 4.78 is 0. The van der Waals surface area contributed by atoms with E-state index in [4.69, 9.17) is 5.73 Å². The predicted molar refractivity (Wildman–Crippen MR) is 93.8 cm³/mol. The lowest BCUT2D eigenvalue weighted by atomic mass is 9.98. The molecule has 2 fully saturated rings. The van der Waals surface area contributed by atoms with E-state index in [1.807, 2.05) is 0 Å². The van der Waals surface area contributed by atoms with Gasteiger partial charge in [0, 0.05) is 37.3 Å². The van der Waals surface area contributed by atoms with E-state index in [0.717, 1.165) is 38.2 Å². The van der Waals surface area contributed by atoms with Crippen LogP contribution in [0.3, 0.4) is 0 Å². The summed E-state index contributed by atoms with van der Waals surface area (Å²) in [5.41, 5.74) is 7.33. The molecule has 5 N–H and O–H groups in total. The van der Waals surface area contributed by atoms with Gasteiger partial charge in [0.2, 0.25) is 5.91 Å². The van der Waals surface area contributed by atoms with E-state index in [0.29, 0.717) is 11.8 Å². The van der Waals surface area contributed by atoms with Crippen LogP contribution in [0, 0.1) is 5.92 Å². The van der Waals surface area contributed by atoms with Gasteiger partial charge >= 0.3 is 6.03 Å². The highest BCUT2D eigenvalue weighted by Gasteiger charge is 2.33. The highest BCUT2D eigenvalue weighted by atomic mass is 16.2. The summed E-state index contributed by atoms with van der Waals surface area (Å²) >= 11 is 0. The van der Waals surface area contributed by atoms with Crippen LogP contribution in [0.4, 0.5) is 4.79 Å². The van der Waals surface area contributed by atoms with Crippen LogP contribution in [0.15, 0.2) is 6.07 Å². The fourth-order valence-corrected chi connectivity index (χ4v) is 3.63. The van der Waals surface area contributed by atoms with Crippen molar-refractivity contribution >= 4 is 11.9 Å². The molecule has 3 amide bonds. The number of nitrogens with one attached hydrogen (secondary N) is 3. The number of carbonyl (C=O) groups is 2. The third kappa shape index (κ3) is 4.94. The Morgan fingerprint density at radius 1 is 1.40 bits per heavy atom. The Morgan fingerprint density at radius 3 is 2.88 bits per heavy atom. The minimum atomic E-state index is -0.681. The first kappa shape index (κ1) is 17.7. The third-order valence-corrected chi connectivity index (χ3v) is 4.99. The van der Waals surface area contributed by atoms with Crippen LogP contribution < -0.4 is 16.4 Å². The van der Waals surface area contributed by atoms with E-state index in [1.165, 1.54) is 18.5 Å². The number of aromatic nitrogens is 2. The first-order valence-electron chi connectivity index (χ1n) is 9.14. The Labute approximate surface area is 147 Å². The fraction of sp³-hybridized carbons (Fsp3) is 0.706. The fourth-order valence-electron chi connectivity index (χ4n) is 3.63. The molecule has 1 aliphatic carbocycles. The first-order valence-corrected chi connectivity index (χ1v) is 9.14. The number of primary amides is 1. The molecule has 0 radical (unpaired) electrons. The predicted octanol–water partition coefficient (Wildman–Crippen LogP) is 0.672. The Morgan fingerprint density at radius 2 is 2.20 bits per heavy atom. The van der Waals surface area contributed by atoms with Gasteiger partial charge in [-0.3, -0.25) is 14.8 Å². The van der Waals surface area contributed by atoms with E-state index in [2.05, 4.69) is 38.7 Å². The van der Waals surface area contributed by atoms with Gasteiger partial charge in [0.05, 0.1) is 12.2 Å². The lowest BCUT2D eigenvalue weighted by Gasteiger charge is -2.19. The van der Waals surface area contributed by atoms with E-state index >= 15 is 0 Å². The van der Waals surface area contributed by atoms with Crippen molar-refractivity contribution in [3.05, 3.63) is 17.5 Å². The topological polar surface area (TPSA) is 116 Å². The number of amides is 3. The van der Waals surface area contributed by atoms with Crippen LogP contribution >= 0.6 is 0 Å². The molecule has 8 nitrogen and oxygen atoms in total. The second-order valence-corrected chi connectivity index (χ2v) is 7.23. The Balaban J connectivity index is 1.53. The van der Waals surface area contributed by atoms with Crippen molar-refractivity contribution in [2.24, 2.45) is 11.7 Å². The number of H-pyrrole nitrogens is 1. The Kier molecular flexibility index (Phi) is 5.57. The van der Waals surface area contributed by atoms with E-state index in [-0.39, 0.29) is 18.5 Å². The molecule has 25 heavy (non-hydrogen) atoms. The van der Waals surface area contributed by atoms with E-state index in [1.54, 1.807) is 0 Å². The van der Waals surface area contributed by atoms with Crippen LogP contribution in [0.25, 0.3) is 0 Å². The summed E-state index contributed by atoms with van der Waals surface area (Å²) in [6, 6.07) is 1.60. The van der Waals surface area contributed by atoms with Crippen molar-refractivity contribution in [1.82, 2.24) is 25.7 Å². The zero-order valence-electron chi connectivity index (χ0n) is 14.8. The van der Waals surface area contributed by atoms with Crippen molar-refractivity contribution in [3.63, 3.8) is 0 Å².